The minimum atomic E-state index is -0.195. The number of amides is 1. The molecule has 4 nitrogen and oxygen atoms in total. The fourth-order valence-electron chi connectivity index (χ4n) is 2.13. The number of benzene rings is 2. The van der Waals surface area contributed by atoms with Crippen LogP contribution in [-0.2, 0) is 6.42 Å². The van der Waals surface area contributed by atoms with Gasteiger partial charge in [-0.2, -0.15) is 0 Å². The van der Waals surface area contributed by atoms with Crippen LogP contribution >= 0.6 is 11.6 Å². The Morgan fingerprint density at radius 2 is 2.00 bits per heavy atom. The van der Waals surface area contributed by atoms with Crippen molar-refractivity contribution in [1.82, 2.24) is 5.32 Å². The third-order valence-corrected chi connectivity index (χ3v) is 3.56. The normalized spacial score (nSPS) is 10.2. The molecule has 2 aromatic carbocycles. The lowest BCUT2D eigenvalue weighted by Gasteiger charge is -2.11. The van der Waals surface area contributed by atoms with E-state index in [0.717, 1.165) is 6.42 Å². The molecule has 0 saturated heterocycles. The third-order valence-electron chi connectivity index (χ3n) is 3.32. The van der Waals surface area contributed by atoms with Crippen molar-refractivity contribution in [1.29, 1.82) is 0 Å². The predicted octanol–water partition coefficient (Wildman–Crippen LogP) is 2.91. The first-order chi connectivity index (χ1) is 10.1. The molecule has 2 rings (SSSR count). The molecule has 21 heavy (non-hydrogen) atoms. The van der Waals surface area contributed by atoms with E-state index in [-0.39, 0.29) is 5.91 Å². The molecular formula is C16H18ClN3O. The number of hydrogen-bond donors (Lipinski definition) is 3. The second-order valence-electron chi connectivity index (χ2n) is 4.77. The van der Waals surface area contributed by atoms with Gasteiger partial charge in [-0.1, -0.05) is 35.9 Å². The number of carbonyl (C=O) groups excluding carboxylic acids is 1. The average Bonchev–Trinajstić information content (AvgIpc) is 2.49. The molecule has 0 fully saturated rings. The Balaban J connectivity index is 1.99. The Bertz CT molecular complexity index is 643. The van der Waals surface area contributed by atoms with Crippen LogP contribution in [0.4, 0.5) is 5.69 Å². The molecule has 0 aliphatic carbocycles. The van der Waals surface area contributed by atoms with Gasteiger partial charge >= 0.3 is 0 Å². The highest BCUT2D eigenvalue weighted by Crippen LogP contribution is 2.19. The maximum atomic E-state index is 12.2. The van der Waals surface area contributed by atoms with Crippen LogP contribution in [0.5, 0.6) is 0 Å². The van der Waals surface area contributed by atoms with Crippen LogP contribution < -0.4 is 16.6 Å². The van der Waals surface area contributed by atoms with E-state index in [9.17, 15) is 4.79 Å². The molecule has 110 valence electrons. The maximum Gasteiger partial charge on any atom is 0.253 e. The number of rotatable bonds is 5. The van der Waals surface area contributed by atoms with Gasteiger partial charge in [-0.05, 0) is 42.7 Å². The van der Waals surface area contributed by atoms with E-state index >= 15 is 0 Å². The Morgan fingerprint density at radius 1 is 1.24 bits per heavy atom. The van der Waals surface area contributed by atoms with Gasteiger partial charge in [-0.15, -0.1) is 0 Å². The minimum Gasteiger partial charge on any atom is -0.352 e. The summed E-state index contributed by atoms with van der Waals surface area (Å²) in [5, 5.41) is 3.38. The van der Waals surface area contributed by atoms with E-state index in [1.807, 2.05) is 12.1 Å². The summed E-state index contributed by atoms with van der Waals surface area (Å²) in [5.41, 5.74) is 5.93. The van der Waals surface area contributed by atoms with E-state index < -0.39 is 0 Å². The Labute approximate surface area is 129 Å². The van der Waals surface area contributed by atoms with Gasteiger partial charge < -0.3 is 10.7 Å². The molecule has 0 saturated carbocycles. The van der Waals surface area contributed by atoms with Gasteiger partial charge in [0.05, 0.1) is 11.3 Å². The molecule has 0 aliphatic rings. The number of nitrogen functional groups attached to an aromatic ring is 1. The van der Waals surface area contributed by atoms with Gasteiger partial charge in [0, 0.05) is 11.6 Å². The largest absolute Gasteiger partial charge is 0.352 e. The average molecular weight is 304 g/mol. The first-order valence-corrected chi connectivity index (χ1v) is 7.08. The standard InChI is InChI=1S/C16H18ClN3O/c1-11-4-2-3-5-12(11)8-9-19-16(21)14-10-13(17)6-7-15(14)20-18/h2-7,10,20H,8-9,18H2,1H3,(H,19,21). The van der Waals surface area contributed by atoms with Gasteiger partial charge in [0.2, 0.25) is 0 Å². The van der Waals surface area contributed by atoms with Crippen molar-refractivity contribution in [2.45, 2.75) is 13.3 Å². The fraction of sp³-hybridized carbons (Fsp3) is 0.188. The monoisotopic (exact) mass is 303 g/mol. The van der Waals surface area contributed by atoms with Gasteiger partial charge in [-0.3, -0.25) is 10.6 Å². The van der Waals surface area contributed by atoms with E-state index in [1.54, 1.807) is 18.2 Å². The van der Waals surface area contributed by atoms with Crippen LogP contribution in [0.3, 0.4) is 0 Å². The molecular weight excluding hydrogens is 286 g/mol. The molecule has 5 heteroatoms. The first kappa shape index (κ1) is 15.4. The highest BCUT2D eigenvalue weighted by atomic mass is 35.5. The second kappa shape index (κ2) is 7.11. The zero-order chi connectivity index (χ0) is 15.2. The van der Waals surface area contributed by atoms with Crippen LogP contribution in [0, 0.1) is 6.92 Å². The fourth-order valence-corrected chi connectivity index (χ4v) is 2.30. The van der Waals surface area contributed by atoms with Crippen molar-refractivity contribution < 1.29 is 4.79 Å². The van der Waals surface area contributed by atoms with Crippen molar-refractivity contribution in [3.63, 3.8) is 0 Å². The lowest BCUT2D eigenvalue weighted by molar-refractivity contribution is 0.0955. The van der Waals surface area contributed by atoms with Crippen LogP contribution in [-0.4, -0.2) is 12.5 Å². The molecule has 0 unspecified atom stereocenters. The van der Waals surface area contributed by atoms with Gasteiger partial charge in [-0.25, -0.2) is 0 Å². The van der Waals surface area contributed by atoms with Crippen molar-refractivity contribution in [3.8, 4) is 0 Å². The zero-order valence-electron chi connectivity index (χ0n) is 11.8. The van der Waals surface area contributed by atoms with Crippen LogP contribution in [0.25, 0.3) is 0 Å². The lowest BCUT2D eigenvalue weighted by Crippen LogP contribution is -2.27. The molecule has 0 heterocycles. The highest BCUT2D eigenvalue weighted by molar-refractivity contribution is 6.31. The van der Waals surface area contributed by atoms with Gasteiger partial charge in [0.25, 0.3) is 5.91 Å². The molecule has 2 aromatic rings. The van der Waals surface area contributed by atoms with Crippen molar-refractivity contribution in [3.05, 3.63) is 64.2 Å². The first-order valence-electron chi connectivity index (χ1n) is 6.70. The number of aryl methyl sites for hydroxylation is 1. The van der Waals surface area contributed by atoms with Crippen LogP contribution in [0.2, 0.25) is 5.02 Å². The van der Waals surface area contributed by atoms with Gasteiger partial charge in [0.1, 0.15) is 0 Å². The minimum absolute atomic E-state index is 0.195. The van der Waals surface area contributed by atoms with Crippen molar-refractivity contribution >= 4 is 23.2 Å². The molecule has 1 amide bonds. The number of nitrogens with one attached hydrogen (secondary N) is 2. The number of hydrazine groups is 1. The molecule has 0 aliphatic heterocycles. The summed E-state index contributed by atoms with van der Waals surface area (Å²) in [6.07, 6.45) is 0.782. The van der Waals surface area contributed by atoms with E-state index in [2.05, 4.69) is 29.8 Å². The molecule has 4 N–H and O–H groups in total. The molecule has 0 aromatic heterocycles. The number of carbonyl (C=O) groups is 1. The molecule has 0 bridgehead atoms. The summed E-state index contributed by atoms with van der Waals surface area (Å²) in [4.78, 5) is 12.2. The number of nitrogens with two attached hydrogens (primary N) is 1. The van der Waals surface area contributed by atoms with Crippen LogP contribution in [0.15, 0.2) is 42.5 Å². The highest BCUT2D eigenvalue weighted by Gasteiger charge is 2.11. The van der Waals surface area contributed by atoms with Crippen molar-refractivity contribution in [2.75, 3.05) is 12.0 Å². The van der Waals surface area contributed by atoms with E-state index in [1.165, 1.54) is 11.1 Å². The molecule has 0 atom stereocenters. The van der Waals surface area contributed by atoms with Crippen LogP contribution in [0.1, 0.15) is 21.5 Å². The number of hydrogen-bond acceptors (Lipinski definition) is 3. The third kappa shape index (κ3) is 3.97. The summed E-state index contributed by atoms with van der Waals surface area (Å²) < 4.78 is 0. The summed E-state index contributed by atoms with van der Waals surface area (Å²) >= 11 is 5.92. The summed E-state index contributed by atoms with van der Waals surface area (Å²) in [5.74, 6) is 5.21. The predicted molar refractivity (Wildman–Crippen MR) is 86.5 cm³/mol. The topological polar surface area (TPSA) is 67.2 Å². The number of anilines is 1. The summed E-state index contributed by atoms with van der Waals surface area (Å²) in [6, 6.07) is 13.1. The smallest absolute Gasteiger partial charge is 0.253 e. The number of halogens is 1. The van der Waals surface area contributed by atoms with Crippen molar-refractivity contribution in [2.24, 2.45) is 5.84 Å². The second-order valence-corrected chi connectivity index (χ2v) is 5.20. The lowest BCUT2D eigenvalue weighted by atomic mass is 10.1. The maximum absolute atomic E-state index is 12.2. The van der Waals surface area contributed by atoms with Gasteiger partial charge in [0.15, 0.2) is 0 Å². The van der Waals surface area contributed by atoms with E-state index in [4.69, 9.17) is 17.4 Å². The zero-order valence-corrected chi connectivity index (χ0v) is 12.6. The quantitative estimate of drug-likeness (QED) is 0.588. The van der Waals surface area contributed by atoms with E-state index in [0.29, 0.717) is 22.8 Å². The Kier molecular flexibility index (Phi) is 5.20. The Hall–Kier alpha value is -2.04. The molecule has 0 radical (unpaired) electrons. The summed E-state index contributed by atoms with van der Waals surface area (Å²) in [6.45, 7) is 2.62. The Morgan fingerprint density at radius 3 is 2.71 bits per heavy atom. The summed E-state index contributed by atoms with van der Waals surface area (Å²) in [7, 11) is 0. The molecule has 0 spiro atoms. The SMILES string of the molecule is Cc1ccccc1CCNC(=O)c1cc(Cl)ccc1NN.